The standard InChI is InChI=1S/C23H24N6O/c24-21-20-15-29(22(17-9-10-17)28(20)12-11-25-21)19-8-4-5-16(13-19)14-26-23(30)27-18-6-2-1-3-7-18/h1-8,11-13,15,17,22H,9-10,14H2,(H2,24,25)(H2,26,27,30). The van der Waals surface area contributed by atoms with E-state index >= 15 is 0 Å². The Hall–Kier alpha value is -3.74. The van der Waals surface area contributed by atoms with Crippen molar-refractivity contribution in [2.24, 2.45) is 16.6 Å². The highest BCUT2D eigenvalue weighted by molar-refractivity contribution is 5.99. The van der Waals surface area contributed by atoms with E-state index in [1.807, 2.05) is 48.7 Å². The fourth-order valence-corrected chi connectivity index (χ4v) is 3.95. The number of aliphatic imine (C=N–C) groups is 1. The zero-order valence-corrected chi connectivity index (χ0v) is 16.5. The van der Waals surface area contributed by atoms with E-state index in [2.05, 4.69) is 43.8 Å². The lowest BCUT2D eigenvalue weighted by Gasteiger charge is -2.33. The molecule has 2 aromatic carbocycles. The Balaban J connectivity index is 1.30. The smallest absolute Gasteiger partial charge is 0.319 e. The summed E-state index contributed by atoms with van der Waals surface area (Å²) < 4.78 is 0. The zero-order chi connectivity index (χ0) is 20.5. The number of urea groups is 1. The molecular weight excluding hydrogens is 376 g/mol. The summed E-state index contributed by atoms with van der Waals surface area (Å²) in [5.74, 6) is 1.15. The second-order valence-corrected chi connectivity index (χ2v) is 7.74. The number of benzene rings is 2. The molecule has 0 bridgehead atoms. The second-order valence-electron chi connectivity index (χ2n) is 7.74. The minimum Gasteiger partial charge on any atom is -0.382 e. The third-order valence-corrected chi connectivity index (χ3v) is 5.55. The summed E-state index contributed by atoms with van der Waals surface area (Å²) in [5, 5.41) is 5.76. The van der Waals surface area contributed by atoms with Gasteiger partial charge in [0, 0.05) is 36.5 Å². The predicted octanol–water partition coefficient (Wildman–Crippen LogP) is 3.55. The molecular formula is C23H24N6O. The van der Waals surface area contributed by atoms with Crippen LogP contribution in [-0.4, -0.2) is 22.9 Å². The molecule has 2 heterocycles. The lowest BCUT2D eigenvalue weighted by Crippen LogP contribution is -2.41. The van der Waals surface area contributed by atoms with Gasteiger partial charge in [0.25, 0.3) is 0 Å². The third kappa shape index (κ3) is 3.61. The molecule has 2 aromatic rings. The van der Waals surface area contributed by atoms with E-state index in [0.29, 0.717) is 18.3 Å². The van der Waals surface area contributed by atoms with Gasteiger partial charge in [-0.1, -0.05) is 30.3 Å². The molecule has 1 unspecified atom stereocenters. The third-order valence-electron chi connectivity index (χ3n) is 5.55. The van der Waals surface area contributed by atoms with Crippen LogP contribution in [0.2, 0.25) is 0 Å². The average Bonchev–Trinajstić information content (AvgIpc) is 3.53. The fourth-order valence-electron chi connectivity index (χ4n) is 3.95. The van der Waals surface area contributed by atoms with E-state index in [-0.39, 0.29) is 12.2 Å². The summed E-state index contributed by atoms with van der Waals surface area (Å²) in [7, 11) is 0. The molecule has 0 aromatic heterocycles. The first-order chi connectivity index (χ1) is 14.7. The molecule has 5 rings (SSSR count). The van der Waals surface area contributed by atoms with Crippen molar-refractivity contribution in [2.45, 2.75) is 25.6 Å². The number of rotatable bonds is 5. The van der Waals surface area contributed by atoms with Crippen LogP contribution in [-0.2, 0) is 6.54 Å². The normalized spacial score (nSPS) is 19.8. The van der Waals surface area contributed by atoms with E-state index in [1.165, 1.54) is 12.8 Å². The molecule has 2 amide bonds. The van der Waals surface area contributed by atoms with Crippen molar-refractivity contribution in [3.8, 4) is 0 Å². The molecule has 1 fully saturated rings. The minimum absolute atomic E-state index is 0.217. The molecule has 1 aliphatic carbocycles. The van der Waals surface area contributed by atoms with Gasteiger partial charge < -0.3 is 26.2 Å². The van der Waals surface area contributed by atoms with Gasteiger partial charge in [0.1, 0.15) is 17.7 Å². The Morgan fingerprint density at radius 2 is 1.93 bits per heavy atom. The molecule has 2 aliphatic heterocycles. The van der Waals surface area contributed by atoms with Gasteiger partial charge >= 0.3 is 6.03 Å². The van der Waals surface area contributed by atoms with Crippen molar-refractivity contribution in [2.75, 3.05) is 10.2 Å². The van der Waals surface area contributed by atoms with Crippen LogP contribution in [0.1, 0.15) is 18.4 Å². The van der Waals surface area contributed by atoms with E-state index < -0.39 is 0 Å². The van der Waals surface area contributed by atoms with E-state index in [4.69, 9.17) is 5.73 Å². The molecule has 0 radical (unpaired) electrons. The first-order valence-electron chi connectivity index (χ1n) is 10.2. The highest BCUT2D eigenvalue weighted by Gasteiger charge is 2.44. The summed E-state index contributed by atoms with van der Waals surface area (Å²) in [4.78, 5) is 20.9. The van der Waals surface area contributed by atoms with Crippen LogP contribution >= 0.6 is 0 Å². The van der Waals surface area contributed by atoms with E-state index in [9.17, 15) is 4.79 Å². The Bertz CT molecular complexity index is 1040. The van der Waals surface area contributed by atoms with Gasteiger partial charge in [-0.15, -0.1) is 0 Å². The Morgan fingerprint density at radius 1 is 1.10 bits per heavy atom. The van der Waals surface area contributed by atoms with Gasteiger partial charge in [-0.3, -0.25) is 0 Å². The molecule has 1 atom stereocenters. The van der Waals surface area contributed by atoms with Crippen LogP contribution in [0.3, 0.4) is 0 Å². The summed E-state index contributed by atoms with van der Waals surface area (Å²) in [6, 6.07) is 17.4. The highest BCUT2D eigenvalue weighted by Crippen LogP contribution is 2.44. The number of hydrogen-bond acceptors (Lipinski definition) is 5. The van der Waals surface area contributed by atoms with Crippen LogP contribution in [0.25, 0.3) is 0 Å². The monoisotopic (exact) mass is 400 g/mol. The maximum absolute atomic E-state index is 12.2. The number of hydrogen-bond donors (Lipinski definition) is 3. The van der Waals surface area contributed by atoms with Crippen LogP contribution in [0.15, 0.2) is 83.9 Å². The molecule has 30 heavy (non-hydrogen) atoms. The topological polar surface area (TPSA) is 86.0 Å². The van der Waals surface area contributed by atoms with Crippen LogP contribution < -0.4 is 21.3 Å². The Kier molecular flexibility index (Phi) is 4.63. The van der Waals surface area contributed by atoms with Crippen molar-refractivity contribution in [1.29, 1.82) is 0 Å². The predicted molar refractivity (Wildman–Crippen MR) is 118 cm³/mol. The molecule has 4 N–H and O–H groups in total. The number of anilines is 2. The number of carbonyl (C=O) groups is 1. The number of fused-ring (bicyclic) bond motifs is 1. The number of para-hydroxylation sites is 1. The fraction of sp³-hybridized carbons (Fsp3) is 0.217. The summed E-state index contributed by atoms with van der Waals surface area (Å²) in [6.45, 7) is 0.443. The van der Waals surface area contributed by atoms with Crippen molar-refractivity contribution in [3.63, 3.8) is 0 Å². The van der Waals surface area contributed by atoms with Crippen molar-refractivity contribution < 1.29 is 4.79 Å². The van der Waals surface area contributed by atoms with Gasteiger partial charge in [0.2, 0.25) is 0 Å². The number of amidine groups is 1. The first-order valence-corrected chi connectivity index (χ1v) is 10.2. The van der Waals surface area contributed by atoms with Gasteiger partial charge in [-0.05, 0) is 48.6 Å². The number of nitrogens with zero attached hydrogens (tertiary/aromatic N) is 3. The van der Waals surface area contributed by atoms with Gasteiger partial charge in [0.15, 0.2) is 0 Å². The summed E-state index contributed by atoms with van der Waals surface area (Å²) in [5.41, 5.74) is 9.95. The van der Waals surface area contributed by atoms with Crippen LogP contribution in [0.5, 0.6) is 0 Å². The number of nitrogens with one attached hydrogen (secondary N) is 2. The van der Waals surface area contributed by atoms with E-state index in [1.54, 1.807) is 6.20 Å². The maximum Gasteiger partial charge on any atom is 0.319 e. The maximum atomic E-state index is 12.2. The van der Waals surface area contributed by atoms with Gasteiger partial charge in [0.05, 0.1) is 0 Å². The Morgan fingerprint density at radius 3 is 2.73 bits per heavy atom. The molecule has 1 saturated carbocycles. The lowest BCUT2D eigenvalue weighted by molar-refractivity contribution is 0.251. The second kappa shape index (κ2) is 7.59. The molecule has 0 spiro atoms. The minimum atomic E-state index is -0.225. The molecule has 152 valence electrons. The quantitative estimate of drug-likeness (QED) is 0.716. The molecule has 7 nitrogen and oxygen atoms in total. The number of amides is 2. The molecule has 3 aliphatic rings. The lowest BCUT2D eigenvalue weighted by atomic mass is 10.1. The van der Waals surface area contributed by atoms with Crippen LogP contribution in [0, 0.1) is 5.92 Å². The van der Waals surface area contributed by atoms with Crippen LogP contribution in [0.4, 0.5) is 16.2 Å². The van der Waals surface area contributed by atoms with Crippen molar-refractivity contribution in [1.82, 2.24) is 10.2 Å². The largest absolute Gasteiger partial charge is 0.382 e. The number of carbonyl (C=O) groups excluding carboxylic acids is 1. The summed E-state index contributed by atoms with van der Waals surface area (Å²) >= 11 is 0. The van der Waals surface area contributed by atoms with E-state index in [0.717, 1.165) is 22.6 Å². The highest BCUT2D eigenvalue weighted by atomic mass is 16.2. The molecule has 0 saturated heterocycles. The summed E-state index contributed by atoms with van der Waals surface area (Å²) in [6.07, 6.45) is 8.49. The number of nitrogens with two attached hydrogens (primary N) is 1. The van der Waals surface area contributed by atoms with Crippen molar-refractivity contribution in [3.05, 3.63) is 84.5 Å². The SMILES string of the molecule is NC1=NC=CN2C1=CN(c1cccc(CNC(=O)Nc3ccccc3)c1)C2C1CC1. The molecule has 7 heteroatoms. The van der Waals surface area contributed by atoms with Gasteiger partial charge in [-0.25, -0.2) is 9.79 Å². The Labute approximate surface area is 175 Å². The first kappa shape index (κ1) is 18.3. The van der Waals surface area contributed by atoms with Crippen molar-refractivity contribution >= 4 is 23.2 Å². The van der Waals surface area contributed by atoms with Gasteiger partial charge in [-0.2, -0.15) is 0 Å². The zero-order valence-electron chi connectivity index (χ0n) is 16.5. The average molecular weight is 400 g/mol.